The highest BCUT2D eigenvalue weighted by Crippen LogP contribution is 2.22. The van der Waals surface area contributed by atoms with E-state index in [1.165, 1.54) is 12.1 Å². The number of halogens is 1. The Labute approximate surface area is 160 Å². The lowest BCUT2D eigenvalue weighted by Gasteiger charge is -2.42. The third kappa shape index (κ3) is 5.37. The first-order valence-electron chi connectivity index (χ1n) is 9.48. The van der Waals surface area contributed by atoms with Gasteiger partial charge in [0.25, 0.3) is 0 Å². The van der Waals surface area contributed by atoms with Crippen molar-refractivity contribution in [2.75, 3.05) is 36.5 Å². The Balaban J connectivity index is 1.69. The van der Waals surface area contributed by atoms with Gasteiger partial charge in [0.2, 0.25) is 0 Å². The van der Waals surface area contributed by atoms with E-state index in [2.05, 4.69) is 38.9 Å². The number of benzene rings is 1. The van der Waals surface area contributed by atoms with Crippen LogP contribution >= 0.6 is 0 Å². The molecule has 146 valence electrons. The molecule has 7 heteroatoms. The van der Waals surface area contributed by atoms with Gasteiger partial charge in [0.05, 0.1) is 0 Å². The van der Waals surface area contributed by atoms with Crippen LogP contribution in [-0.4, -0.2) is 58.3 Å². The molecular formula is C20H28FN5O. The van der Waals surface area contributed by atoms with Crippen molar-refractivity contribution in [2.45, 2.75) is 38.9 Å². The number of piperazine rings is 1. The molecule has 2 N–H and O–H groups in total. The topological polar surface area (TPSA) is 64.5 Å². The van der Waals surface area contributed by atoms with Crippen molar-refractivity contribution >= 4 is 11.6 Å². The molecule has 6 nitrogen and oxygen atoms in total. The number of aromatic nitrogens is 2. The fourth-order valence-corrected chi connectivity index (χ4v) is 3.45. The summed E-state index contributed by atoms with van der Waals surface area (Å²) in [6.07, 6.45) is 2.28. The molecule has 1 aromatic heterocycles. The van der Waals surface area contributed by atoms with E-state index in [1.807, 2.05) is 18.2 Å². The van der Waals surface area contributed by atoms with Crippen LogP contribution in [0.4, 0.5) is 16.0 Å². The number of hydrogen-bond acceptors (Lipinski definition) is 6. The number of nitrogens with one attached hydrogen (secondary N) is 1. The quantitative estimate of drug-likeness (QED) is 0.778. The predicted octanol–water partition coefficient (Wildman–Crippen LogP) is 2.51. The van der Waals surface area contributed by atoms with E-state index >= 15 is 0 Å². The van der Waals surface area contributed by atoms with E-state index < -0.39 is 0 Å². The van der Waals surface area contributed by atoms with Crippen molar-refractivity contribution in [1.29, 1.82) is 0 Å². The van der Waals surface area contributed by atoms with Crippen LogP contribution in [0.25, 0.3) is 0 Å². The number of rotatable bonds is 7. The first kappa shape index (κ1) is 19.5. The van der Waals surface area contributed by atoms with Crippen LogP contribution in [0.15, 0.2) is 36.7 Å². The lowest BCUT2D eigenvalue weighted by molar-refractivity contribution is 0.135. The predicted molar refractivity (Wildman–Crippen MR) is 105 cm³/mol. The van der Waals surface area contributed by atoms with Gasteiger partial charge in [0.15, 0.2) is 0 Å². The zero-order chi connectivity index (χ0) is 19.2. The third-order valence-electron chi connectivity index (χ3n) is 4.78. The van der Waals surface area contributed by atoms with E-state index in [-0.39, 0.29) is 18.5 Å². The fourth-order valence-electron chi connectivity index (χ4n) is 3.45. The lowest BCUT2D eigenvalue weighted by Crippen LogP contribution is -2.53. The SMILES string of the molecule is CC(C)Nc1cc(N2CCN(Cc3ccc(F)cc3)[C@@H](CCO)C2)ncn1. The maximum absolute atomic E-state index is 13.1. The van der Waals surface area contributed by atoms with E-state index in [0.29, 0.717) is 12.5 Å². The largest absolute Gasteiger partial charge is 0.396 e. The van der Waals surface area contributed by atoms with Gasteiger partial charge in [-0.2, -0.15) is 0 Å². The maximum atomic E-state index is 13.1. The minimum Gasteiger partial charge on any atom is -0.396 e. The fraction of sp³-hybridized carbons (Fsp3) is 0.500. The van der Waals surface area contributed by atoms with Crippen LogP contribution in [-0.2, 0) is 6.54 Å². The van der Waals surface area contributed by atoms with Crippen molar-refractivity contribution in [3.8, 4) is 0 Å². The highest BCUT2D eigenvalue weighted by atomic mass is 19.1. The normalized spacial score (nSPS) is 18.1. The maximum Gasteiger partial charge on any atom is 0.134 e. The molecule has 1 atom stereocenters. The minimum absolute atomic E-state index is 0.141. The molecule has 0 amide bonds. The summed E-state index contributed by atoms with van der Waals surface area (Å²) in [4.78, 5) is 13.3. The number of nitrogens with zero attached hydrogens (tertiary/aromatic N) is 4. The molecular weight excluding hydrogens is 345 g/mol. The highest BCUT2D eigenvalue weighted by Gasteiger charge is 2.27. The molecule has 1 fully saturated rings. The van der Waals surface area contributed by atoms with E-state index in [0.717, 1.165) is 43.4 Å². The average molecular weight is 373 g/mol. The van der Waals surface area contributed by atoms with Gasteiger partial charge >= 0.3 is 0 Å². The van der Waals surface area contributed by atoms with Gasteiger partial charge in [-0.05, 0) is 38.0 Å². The molecule has 0 radical (unpaired) electrons. The standard InChI is InChI=1S/C20H28FN5O/c1-15(2)24-19-11-20(23-14-22-19)26-9-8-25(18(13-26)7-10-27)12-16-3-5-17(21)6-4-16/h3-6,11,14-15,18,27H,7-10,12-13H2,1-2H3,(H,22,23,24)/t18-/m0/s1. The summed E-state index contributed by atoms with van der Waals surface area (Å²) >= 11 is 0. The Kier molecular flexibility index (Phi) is 6.58. The summed E-state index contributed by atoms with van der Waals surface area (Å²) in [5.74, 6) is 1.50. The molecule has 2 aromatic rings. The second-order valence-corrected chi connectivity index (χ2v) is 7.27. The molecule has 1 aliphatic rings. The number of hydrogen-bond donors (Lipinski definition) is 2. The van der Waals surface area contributed by atoms with Crippen LogP contribution in [0.5, 0.6) is 0 Å². The third-order valence-corrected chi connectivity index (χ3v) is 4.78. The van der Waals surface area contributed by atoms with E-state index in [4.69, 9.17) is 0 Å². The molecule has 27 heavy (non-hydrogen) atoms. The molecule has 1 saturated heterocycles. The average Bonchev–Trinajstić information content (AvgIpc) is 2.65. The molecule has 2 heterocycles. The minimum atomic E-state index is -0.218. The summed E-state index contributed by atoms with van der Waals surface area (Å²) in [5, 5.41) is 12.8. The van der Waals surface area contributed by atoms with Gasteiger partial charge in [-0.1, -0.05) is 12.1 Å². The van der Waals surface area contributed by atoms with Gasteiger partial charge in [-0.15, -0.1) is 0 Å². The molecule has 0 saturated carbocycles. The first-order valence-corrected chi connectivity index (χ1v) is 9.48. The lowest BCUT2D eigenvalue weighted by atomic mass is 10.1. The Bertz CT molecular complexity index is 725. The van der Waals surface area contributed by atoms with Crippen molar-refractivity contribution < 1.29 is 9.50 Å². The van der Waals surface area contributed by atoms with Crippen LogP contribution in [0.2, 0.25) is 0 Å². The zero-order valence-electron chi connectivity index (χ0n) is 16.0. The molecule has 0 unspecified atom stereocenters. The number of aliphatic hydroxyl groups excluding tert-OH is 1. The van der Waals surface area contributed by atoms with Crippen molar-refractivity contribution in [2.24, 2.45) is 0 Å². The van der Waals surface area contributed by atoms with Crippen LogP contribution in [0.1, 0.15) is 25.8 Å². The summed E-state index contributed by atoms with van der Waals surface area (Å²) in [6.45, 7) is 7.55. The number of anilines is 2. The number of aliphatic hydroxyl groups is 1. The summed E-state index contributed by atoms with van der Waals surface area (Å²) < 4.78 is 13.1. The summed E-state index contributed by atoms with van der Waals surface area (Å²) in [6, 6.07) is 9.14. The van der Waals surface area contributed by atoms with Crippen molar-refractivity contribution in [1.82, 2.24) is 14.9 Å². The zero-order valence-corrected chi connectivity index (χ0v) is 16.0. The molecule has 0 spiro atoms. The van der Waals surface area contributed by atoms with Gasteiger partial charge in [-0.3, -0.25) is 4.90 Å². The van der Waals surface area contributed by atoms with Crippen LogP contribution in [0, 0.1) is 5.82 Å². The molecule has 1 aromatic carbocycles. The molecule has 1 aliphatic heterocycles. The van der Waals surface area contributed by atoms with Crippen molar-refractivity contribution in [3.05, 3.63) is 48.0 Å². The van der Waals surface area contributed by atoms with Gasteiger partial charge in [0, 0.05) is 50.9 Å². The second kappa shape index (κ2) is 9.10. The van der Waals surface area contributed by atoms with Gasteiger partial charge in [0.1, 0.15) is 23.8 Å². The monoisotopic (exact) mass is 373 g/mol. The Morgan fingerprint density at radius 1 is 1.22 bits per heavy atom. The summed E-state index contributed by atoms with van der Waals surface area (Å²) in [7, 11) is 0. The summed E-state index contributed by atoms with van der Waals surface area (Å²) in [5.41, 5.74) is 1.08. The highest BCUT2D eigenvalue weighted by molar-refractivity contribution is 5.49. The smallest absolute Gasteiger partial charge is 0.134 e. The van der Waals surface area contributed by atoms with Gasteiger partial charge < -0.3 is 15.3 Å². The van der Waals surface area contributed by atoms with Crippen LogP contribution < -0.4 is 10.2 Å². The molecule has 3 rings (SSSR count). The molecule has 0 aliphatic carbocycles. The molecule has 0 bridgehead atoms. The second-order valence-electron chi connectivity index (χ2n) is 7.27. The van der Waals surface area contributed by atoms with E-state index in [1.54, 1.807) is 6.33 Å². The van der Waals surface area contributed by atoms with E-state index in [9.17, 15) is 9.50 Å². The Morgan fingerprint density at radius 3 is 2.70 bits per heavy atom. The first-order chi connectivity index (χ1) is 13.0. The Hall–Kier alpha value is -2.25. The van der Waals surface area contributed by atoms with Crippen LogP contribution in [0.3, 0.4) is 0 Å². The van der Waals surface area contributed by atoms with Gasteiger partial charge in [-0.25, -0.2) is 14.4 Å². The Morgan fingerprint density at radius 2 is 2.00 bits per heavy atom. The van der Waals surface area contributed by atoms with Crippen molar-refractivity contribution in [3.63, 3.8) is 0 Å².